The lowest BCUT2D eigenvalue weighted by atomic mass is 10.3. The van der Waals surface area contributed by atoms with Crippen molar-refractivity contribution in [3.63, 3.8) is 0 Å². The number of benzene rings is 2. The van der Waals surface area contributed by atoms with Crippen LogP contribution >= 0.6 is 11.8 Å². The largest absolute Gasteiger partial charge is 0.427 e. The summed E-state index contributed by atoms with van der Waals surface area (Å²) in [5.41, 5.74) is 6.46. The molecule has 0 aliphatic carbocycles. The number of hydrogen-bond acceptors (Lipinski definition) is 4. The van der Waals surface area contributed by atoms with Crippen molar-refractivity contribution in [3.05, 3.63) is 48.5 Å². The van der Waals surface area contributed by atoms with Crippen LogP contribution in [0.5, 0.6) is 5.75 Å². The minimum absolute atomic E-state index is 0.318. The van der Waals surface area contributed by atoms with Gasteiger partial charge in [0, 0.05) is 22.4 Å². The van der Waals surface area contributed by atoms with Crippen LogP contribution in [0.4, 0.5) is 5.69 Å². The number of carbonyl (C=O) groups excluding carboxylic acids is 1. The van der Waals surface area contributed by atoms with Crippen molar-refractivity contribution in [3.8, 4) is 5.75 Å². The average Bonchev–Trinajstić information content (AvgIpc) is 2.28. The normalized spacial score (nSPS) is 10.1. The van der Waals surface area contributed by atoms with Crippen molar-refractivity contribution in [2.45, 2.75) is 16.7 Å². The summed E-state index contributed by atoms with van der Waals surface area (Å²) in [5, 5.41) is 0. The van der Waals surface area contributed by atoms with Crippen LogP contribution < -0.4 is 10.5 Å². The lowest BCUT2D eigenvalue weighted by Gasteiger charge is -2.05. The van der Waals surface area contributed by atoms with E-state index in [0.29, 0.717) is 5.75 Å². The van der Waals surface area contributed by atoms with Gasteiger partial charge in [-0.2, -0.15) is 0 Å². The van der Waals surface area contributed by atoms with E-state index in [4.69, 9.17) is 10.5 Å². The van der Waals surface area contributed by atoms with Crippen LogP contribution in [0.2, 0.25) is 0 Å². The maximum Gasteiger partial charge on any atom is 0.308 e. The fourth-order valence-corrected chi connectivity index (χ4v) is 2.42. The van der Waals surface area contributed by atoms with Crippen molar-refractivity contribution in [2.24, 2.45) is 0 Å². The quantitative estimate of drug-likeness (QED) is 0.522. The Bertz CT molecular complexity index is 569. The second-order valence-corrected chi connectivity index (χ2v) is 4.89. The molecular weight excluding hydrogens is 246 g/mol. The maximum atomic E-state index is 10.9. The van der Waals surface area contributed by atoms with Crippen LogP contribution in [-0.4, -0.2) is 5.97 Å². The van der Waals surface area contributed by atoms with Gasteiger partial charge in [-0.1, -0.05) is 23.9 Å². The summed E-state index contributed by atoms with van der Waals surface area (Å²) in [6.07, 6.45) is 0. The fourth-order valence-electron chi connectivity index (χ4n) is 1.48. The van der Waals surface area contributed by atoms with E-state index in [1.165, 1.54) is 6.92 Å². The van der Waals surface area contributed by atoms with Crippen LogP contribution in [0, 0.1) is 0 Å². The molecule has 2 N–H and O–H groups in total. The average molecular weight is 259 g/mol. The standard InChI is InChI=1S/C14H13NO2S/c1-10(16)17-12-5-3-7-14(9-12)18-13-6-2-4-11(15)8-13/h2-9H,15H2,1H3. The van der Waals surface area contributed by atoms with Gasteiger partial charge in [0.2, 0.25) is 0 Å². The molecule has 0 saturated carbocycles. The summed E-state index contributed by atoms with van der Waals surface area (Å²) < 4.78 is 5.04. The van der Waals surface area contributed by atoms with Crippen molar-refractivity contribution in [1.82, 2.24) is 0 Å². The third kappa shape index (κ3) is 3.53. The highest BCUT2D eigenvalue weighted by atomic mass is 32.2. The molecule has 0 atom stereocenters. The molecule has 0 radical (unpaired) electrons. The van der Waals surface area contributed by atoms with Crippen molar-refractivity contribution < 1.29 is 9.53 Å². The first-order chi connectivity index (χ1) is 8.63. The molecule has 0 saturated heterocycles. The van der Waals surface area contributed by atoms with Crippen molar-refractivity contribution >= 4 is 23.4 Å². The zero-order chi connectivity index (χ0) is 13.0. The van der Waals surface area contributed by atoms with Gasteiger partial charge in [-0.15, -0.1) is 0 Å². The smallest absolute Gasteiger partial charge is 0.308 e. The van der Waals surface area contributed by atoms with E-state index in [-0.39, 0.29) is 5.97 Å². The Morgan fingerprint density at radius 1 is 1.11 bits per heavy atom. The Labute approximate surface area is 110 Å². The summed E-state index contributed by atoms with van der Waals surface area (Å²) >= 11 is 1.57. The zero-order valence-corrected chi connectivity index (χ0v) is 10.7. The van der Waals surface area contributed by atoms with Crippen LogP contribution in [0.1, 0.15) is 6.92 Å². The van der Waals surface area contributed by atoms with Gasteiger partial charge in [-0.05, 0) is 36.4 Å². The number of esters is 1. The third-order valence-corrected chi connectivity index (χ3v) is 3.14. The monoisotopic (exact) mass is 259 g/mol. The SMILES string of the molecule is CC(=O)Oc1cccc(Sc2cccc(N)c2)c1. The Balaban J connectivity index is 2.16. The number of hydrogen-bond donors (Lipinski definition) is 1. The van der Waals surface area contributed by atoms with Crippen LogP contribution in [0.25, 0.3) is 0 Å². The predicted molar refractivity (Wildman–Crippen MR) is 72.7 cm³/mol. The first-order valence-corrected chi connectivity index (χ1v) is 6.27. The summed E-state index contributed by atoms with van der Waals surface area (Å²) in [5.74, 6) is 0.234. The molecule has 2 rings (SSSR count). The lowest BCUT2D eigenvalue weighted by molar-refractivity contribution is -0.131. The molecule has 92 valence electrons. The molecule has 0 bridgehead atoms. The molecule has 0 aromatic heterocycles. The molecule has 0 amide bonds. The number of carbonyl (C=O) groups is 1. The van der Waals surface area contributed by atoms with E-state index >= 15 is 0 Å². The Morgan fingerprint density at radius 2 is 1.78 bits per heavy atom. The first-order valence-electron chi connectivity index (χ1n) is 5.45. The Kier molecular flexibility index (Phi) is 3.89. The van der Waals surface area contributed by atoms with Gasteiger partial charge in [-0.25, -0.2) is 0 Å². The second-order valence-electron chi connectivity index (χ2n) is 3.74. The highest BCUT2D eigenvalue weighted by molar-refractivity contribution is 7.99. The second kappa shape index (κ2) is 5.60. The van der Waals surface area contributed by atoms with E-state index in [1.54, 1.807) is 17.8 Å². The number of nitrogen functional groups attached to an aromatic ring is 1. The molecule has 0 spiro atoms. The van der Waals surface area contributed by atoms with E-state index in [1.807, 2.05) is 42.5 Å². The molecule has 2 aromatic rings. The van der Waals surface area contributed by atoms with E-state index < -0.39 is 0 Å². The van der Waals surface area contributed by atoms with Crippen LogP contribution in [0.15, 0.2) is 58.3 Å². The molecule has 0 aliphatic rings. The van der Waals surface area contributed by atoms with Gasteiger partial charge in [0.25, 0.3) is 0 Å². The summed E-state index contributed by atoms with van der Waals surface area (Å²) in [6.45, 7) is 1.39. The van der Waals surface area contributed by atoms with E-state index in [2.05, 4.69) is 0 Å². The van der Waals surface area contributed by atoms with Crippen molar-refractivity contribution in [1.29, 1.82) is 0 Å². The summed E-state index contributed by atoms with van der Waals surface area (Å²) in [6, 6.07) is 15.0. The predicted octanol–water partition coefficient (Wildman–Crippen LogP) is 3.35. The van der Waals surface area contributed by atoms with E-state index in [9.17, 15) is 4.79 Å². The van der Waals surface area contributed by atoms with Gasteiger partial charge in [-0.3, -0.25) is 4.79 Å². The number of ether oxygens (including phenoxy) is 1. The topological polar surface area (TPSA) is 52.3 Å². The maximum absolute atomic E-state index is 10.9. The highest BCUT2D eigenvalue weighted by Gasteiger charge is 2.02. The molecule has 2 aromatic carbocycles. The third-order valence-electron chi connectivity index (χ3n) is 2.16. The van der Waals surface area contributed by atoms with E-state index in [0.717, 1.165) is 15.5 Å². The van der Waals surface area contributed by atoms with Gasteiger partial charge < -0.3 is 10.5 Å². The first kappa shape index (κ1) is 12.5. The molecule has 0 fully saturated rings. The molecule has 18 heavy (non-hydrogen) atoms. The molecular formula is C14H13NO2S. The minimum Gasteiger partial charge on any atom is -0.427 e. The highest BCUT2D eigenvalue weighted by Crippen LogP contribution is 2.30. The molecule has 0 heterocycles. The van der Waals surface area contributed by atoms with Crippen molar-refractivity contribution in [2.75, 3.05) is 5.73 Å². The minimum atomic E-state index is -0.318. The molecule has 3 nitrogen and oxygen atoms in total. The van der Waals surface area contributed by atoms with Gasteiger partial charge in [0.15, 0.2) is 0 Å². The summed E-state index contributed by atoms with van der Waals surface area (Å²) in [7, 11) is 0. The number of rotatable bonds is 3. The van der Waals surface area contributed by atoms with Crippen LogP contribution in [0.3, 0.4) is 0 Å². The molecule has 4 heteroatoms. The number of nitrogens with two attached hydrogens (primary N) is 1. The zero-order valence-electron chi connectivity index (χ0n) is 9.92. The summed E-state index contributed by atoms with van der Waals surface area (Å²) in [4.78, 5) is 12.9. The molecule has 0 aliphatic heterocycles. The Hall–Kier alpha value is -1.94. The lowest BCUT2D eigenvalue weighted by Crippen LogP contribution is -2.00. The van der Waals surface area contributed by atoms with Crippen LogP contribution in [-0.2, 0) is 4.79 Å². The van der Waals surface area contributed by atoms with Gasteiger partial charge in [0.05, 0.1) is 0 Å². The Morgan fingerprint density at radius 3 is 2.44 bits per heavy atom. The molecule has 0 unspecified atom stereocenters. The van der Waals surface area contributed by atoms with Gasteiger partial charge in [0.1, 0.15) is 5.75 Å². The van der Waals surface area contributed by atoms with Gasteiger partial charge >= 0.3 is 5.97 Å². The number of anilines is 1. The fraction of sp³-hybridized carbons (Fsp3) is 0.0714.